The van der Waals surface area contributed by atoms with Crippen LogP contribution in [0.2, 0.25) is 0 Å². The van der Waals surface area contributed by atoms with E-state index in [-0.39, 0.29) is 62.8 Å². The number of terminal acetylenes is 1. The van der Waals surface area contributed by atoms with Crippen LogP contribution in [-0.2, 0) is 4.74 Å². The molecule has 47 heavy (non-hydrogen) atoms. The summed E-state index contributed by atoms with van der Waals surface area (Å²) in [7, 11) is 1.74. The number of nitrogens with one attached hydrogen (secondary N) is 1. The molecule has 3 aromatic carbocycles. The smallest absolute Gasteiger partial charge is 0.319 e. The molecule has 4 aromatic rings. The van der Waals surface area contributed by atoms with Crippen LogP contribution in [0.4, 0.5) is 19.0 Å². The zero-order valence-corrected chi connectivity index (χ0v) is 26.2. The number of ether oxygens (including phenoxy) is 2. The van der Waals surface area contributed by atoms with Crippen molar-refractivity contribution < 1.29 is 27.8 Å². The molecule has 1 aromatic heterocycles. The van der Waals surface area contributed by atoms with Crippen LogP contribution in [0.3, 0.4) is 0 Å². The molecule has 1 saturated carbocycles. The lowest BCUT2D eigenvalue weighted by Crippen LogP contribution is -2.51. The molecular formula is C36H36F3N5O3. The number of hydrogen-bond donors (Lipinski definition) is 2. The lowest BCUT2D eigenvalue weighted by Gasteiger charge is -2.34. The fourth-order valence-corrected chi connectivity index (χ4v) is 7.80. The molecule has 4 fully saturated rings. The Bertz CT molecular complexity index is 1930. The molecular weight excluding hydrogens is 607 g/mol. The number of aromatic nitrogens is 2. The fourth-order valence-electron chi connectivity index (χ4n) is 7.80. The topological polar surface area (TPSA) is 83.0 Å². The Kier molecular flexibility index (Phi) is 7.43. The molecule has 8 rings (SSSR count). The summed E-state index contributed by atoms with van der Waals surface area (Å²) in [4.78, 5) is 13.8. The molecule has 3 atom stereocenters. The molecule has 4 aliphatic rings. The van der Waals surface area contributed by atoms with Crippen molar-refractivity contribution in [3.05, 3.63) is 53.3 Å². The lowest BCUT2D eigenvalue weighted by molar-refractivity contribution is 0.100. The van der Waals surface area contributed by atoms with Crippen molar-refractivity contribution in [2.24, 2.45) is 5.41 Å². The number of hydrogen-bond acceptors (Lipinski definition) is 8. The minimum atomic E-state index is -0.963. The number of phenolic OH excluding ortho intramolecular Hbond substituents is 1. The van der Waals surface area contributed by atoms with Gasteiger partial charge in [0.15, 0.2) is 5.82 Å². The summed E-state index contributed by atoms with van der Waals surface area (Å²) >= 11 is 0. The molecule has 0 radical (unpaired) electrons. The number of fused-ring (bicyclic) bond motifs is 4. The van der Waals surface area contributed by atoms with Gasteiger partial charge in [-0.2, -0.15) is 9.97 Å². The third-order valence-corrected chi connectivity index (χ3v) is 10.4. The maximum atomic E-state index is 16.9. The third kappa shape index (κ3) is 5.42. The largest absolute Gasteiger partial charge is 0.508 e. The first kappa shape index (κ1) is 30.2. The van der Waals surface area contributed by atoms with Crippen molar-refractivity contribution in [3.63, 3.8) is 0 Å². The highest BCUT2D eigenvalue weighted by Gasteiger charge is 2.46. The van der Waals surface area contributed by atoms with Crippen LogP contribution < -0.4 is 15.0 Å². The van der Waals surface area contributed by atoms with Gasteiger partial charge < -0.3 is 24.8 Å². The molecule has 2 unspecified atom stereocenters. The van der Waals surface area contributed by atoms with Crippen LogP contribution >= 0.6 is 0 Å². The van der Waals surface area contributed by atoms with Crippen LogP contribution in [0.25, 0.3) is 32.8 Å². The fraction of sp³-hybridized carbons (Fsp3) is 0.444. The van der Waals surface area contributed by atoms with Gasteiger partial charge in [-0.05, 0) is 61.8 Å². The number of aromatic hydroxyl groups is 1. The van der Waals surface area contributed by atoms with Gasteiger partial charge in [-0.3, -0.25) is 4.90 Å². The number of piperazine rings is 1. The first-order chi connectivity index (χ1) is 22.7. The maximum Gasteiger partial charge on any atom is 0.319 e. The highest BCUT2D eigenvalue weighted by atomic mass is 19.1. The molecule has 1 aliphatic carbocycles. The second-order valence-electron chi connectivity index (χ2n) is 13.6. The van der Waals surface area contributed by atoms with Crippen molar-refractivity contribution in [2.75, 3.05) is 51.3 Å². The van der Waals surface area contributed by atoms with Gasteiger partial charge in [0.1, 0.15) is 28.7 Å². The van der Waals surface area contributed by atoms with Gasteiger partial charge in [0, 0.05) is 73.7 Å². The number of benzene rings is 3. The van der Waals surface area contributed by atoms with E-state index in [9.17, 15) is 9.50 Å². The highest BCUT2D eigenvalue weighted by molar-refractivity contribution is 6.04. The average molecular weight is 644 g/mol. The van der Waals surface area contributed by atoms with E-state index in [1.54, 1.807) is 7.11 Å². The number of rotatable bonds is 8. The Labute approximate surface area is 270 Å². The van der Waals surface area contributed by atoms with Crippen LogP contribution in [0.1, 0.15) is 37.7 Å². The van der Waals surface area contributed by atoms with Crippen LogP contribution in [0, 0.1) is 35.2 Å². The molecule has 2 N–H and O–H groups in total. The Morgan fingerprint density at radius 3 is 2.53 bits per heavy atom. The van der Waals surface area contributed by atoms with Gasteiger partial charge in [-0.15, -0.1) is 6.42 Å². The molecule has 11 heteroatoms. The standard InChI is InChI=1S/C36H36F3N5O3/c1-3-25-28(37)7-4-20-12-23(45)13-26(30(20)25)31-29(38)14-27-33(32(31)39)41-35(42-34(27)44-15-21-5-6-22(16-44)40-21)47-19-36(9-10-36)18-43-11-8-24(17-43)46-2/h1,4,7,12-14,21-22,24,40,45H,5-6,8-11,15-19H2,2H3/t21?,22?,24-/m1/s1. The Morgan fingerprint density at radius 2 is 1.83 bits per heavy atom. The van der Waals surface area contributed by atoms with Gasteiger partial charge in [0.2, 0.25) is 0 Å². The van der Waals surface area contributed by atoms with Gasteiger partial charge >= 0.3 is 6.01 Å². The first-order valence-corrected chi connectivity index (χ1v) is 16.2. The summed E-state index contributed by atoms with van der Waals surface area (Å²) in [5.74, 6) is -0.0804. The van der Waals surface area contributed by atoms with Crippen molar-refractivity contribution in [3.8, 4) is 35.2 Å². The summed E-state index contributed by atoms with van der Waals surface area (Å²) in [6.07, 6.45) is 10.9. The van der Waals surface area contributed by atoms with Crippen molar-refractivity contribution in [1.82, 2.24) is 20.2 Å². The Morgan fingerprint density at radius 1 is 1.04 bits per heavy atom. The zero-order chi connectivity index (χ0) is 32.4. The van der Waals surface area contributed by atoms with Crippen LogP contribution in [-0.4, -0.2) is 84.6 Å². The Hall–Kier alpha value is -4.11. The summed E-state index contributed by atoms with van der Waals surface area (Å²) < 4.78 is 59.8. The van der Waals surface area contributed by atoms with Gasteiger partial charge in [-0.1, -0.05) is 12.0 Å². The number of likely N-dealkylation sites (tertiary alicyclic amines) is 1. The normalized spacial score (nSPS) is 23.5. The van der Waals surface area contributed by atoms with Crippen molar-refractivity contribution in [1.29, 1.82) is 0 Å². The predicted octanol–water partition coefficient (Wildman–Crippen LogP) is 5.37. The zero-order valence-electron chi connectivity index (χ0n) is 26.2. The van der Waals surface area contributed by atoms with Gasteiger partial charge in [-0.25, -0.2) is 13.2 Å². The lowest BCUT2D eigenvalue weighted by atomic mass is 9.92. The van der Waals surface area contributed by atoms with Gasteiger partial charge in [0.25, 0.3) is 0 Å². The molecule has 244 valence electrons. The molecule has 2 bridgehead atoms. The minimum absolute atomic E-state index is 0.0217. The summed E-state index contributed by atoms with van der Waals surface area (Å²) in [6, 6.07) is 6.92. The van der Waals surface area contributed by atoms with E-state index in [1.165, 1.54) is 30.3 Å². The molecule has 3 aliphatic heterocycles. The number of phenols is 1. The van der Waals surface area contributed by atoms with Crippen molar-refractivity contribution in [2.45, 2.75) is 50.3 Å². The Balaban J connectivity index is 1.23. The molecule has 0 spiro atoms. The van der Waals surface area contributed by atoms with E-state index in [1.807, 2.05) is 0 Å². The minimum Gasteiger partial charge on any atom is -0.508 e. The van der Waals surface area contributed by atoms with E-state index < -0.39 is 23.0 Å². The maximum absolute atomic E-state index is 16.9. The van der Waals surface area contributed by atoms with Crippen LogP contribution in [0.15, 0.2) is 30.3 Å². The van der Waals surface area contributed by atoms with E-state index in [4.69, 9.17) is 20.9 Å². The van der Waals surface area contributed by atoms with E-state index in [0.29, 0.717) is 30.9 Å². The molecule has 8 nitrogen and oxygen atoms in total. The van der Waals surface area contributed by atoms with Gasteiger partial charge in [0.05, 0.1) is 23.8 Å². The number of nitrogens with zero attached hydrogens (tertiary/aromatic N) is 4. The highest BCUT2D eigenvalue weighted by Crippen LogP contribution is 2.47. The quantitative estimate of drug-likeness (QED) is 0.248. The SMILES string of the molecule is C#Cc1c(F)ccc2cc(O)cc(-c3c(F)cc4c(N5CC6CCC(C5)N6)nc(OCC5(CN6CC[C@@H](OC)C6)CC5)nc4c3F)c12. The number of methoxy groups -OCH3 is 1. The first-order valence-electron chi connectivity index (χ1n) is 16.2. The second-order valence-corrected chi connectivity index (χ2v) is 13.6. The molecule has 0 amide bonds. The summed E-state index contributed by atoms with van der Waals surface area (Å²) in [6.45, 7) is 4.36. The molecule has 4 heterocycles. The number of anilines is 1. The van der Waals surface area contributed by atoms with Crippen LogP contribution in [0.5, 0.6) is 11.8 Å². The summed E-state index contributed by atoms with van der Waals surface area (Å²) in [5.41, 5.74) is -0.835. The molecule has 3 saturated heterocycles. The average Bonchev–Trinajstić information content (AvgIpc) is 3.53. The third-order valence-electron chi connectivity index (χ3n) is 10.4. The van der Waals surface area contributed by atoms with E-state index in [0.717, 1.165) is 51.7 Å². The van der Waals surface area contributed by atoms with E-state index in [2.05, 4.69) is 26.0 Å². The van der Waals surface area contributed by atoms with Crippen molar-refractivity contribution >= 4 is 27.5 Å². The monoisotopic (exact) mass is 643 g/mol. The number of halogens is 3. The van der Waals surface area contributed by atoms with E-state index >= 15 is 8.78 Å². The predicted molar refractivity (Wildman–Crippen MR) is 173 cm³/mol. The second kappa shape index (κ2) is 11.5. The summed E-state index contributed by atoms with van der Waals surface area (Å²) in [5, 5.41) is 14.8.